The highest BCUT2D eigenvalue weighted by Gasteiger charge is 2.15. The summed E-state index contributed by atoms with van der Waals surface area (Å²) in [6.07, 6.45) is 2.17. The van der Waals surface area contributed by atoms with Crippen molar-refractivity contribution in [2.45, 2.75) is 19.8 Å². The second-order valence-electron chi connectivity index (χ2n) is 5.94. The van der Waals surface area contributed by atoms with Gasteiger partial charge < -0.3 is 5.32 Å². The summed E-state index contributed by atoms with van der Waals surface area (Å²) in [4.78, 5) is 4.75. The lowest BCUT2D eigenvalue weighted by Gasteiger charge is -2.10. The fourth-order valence-corrected chi connectivity index (χ4v) is 2.91. The Balaban J connectivity index is 1.93. The lowest BCUT2D eigenvalue weighted by atomic mass is 10.1. The van der Waals surface area contributed by atoms with E-state index in [0.29, 0.717) is 16.9 Å². The van der Waals surface area contributed by atoms with E-state index >= 15 is 0 Å². The van der Waals surface area contributed by atoms with E-state index in [-0.39, 0.29) is 5.82 Å². The van der Waals surface area contributed by atoms with Gasteiger partial charge in [0.25, 0.3) is 0 Å². The van der Waals surface area contributed by atoms with E-state index in [0.717, 1.165) is 36.1 Å². The first kappa shape index (κ1) is 15.5. The molecule has 0 amide bonds. The van der Waals surface area contributed by atoms with E-state index < -0.39 is 0 Å². The molecule has 0 atom stereocenters. The molecular formula is C19H18FN5. The minimum atomic E-state index is -0.305. The van der Waals surface area contributed by atoms with E-state index in [1.54, 1.807) is 10.6 Å². The third-order valence-electron chi connectivity index (χ3n) is 4.17. The summed E-state index contributed by atoms with van der Waals surface area (Å²) in [6.45, 7) is 3.00. The van der Waals surface area contributed by atoms with Crippen LogP contribution >= 0.6 is 0 Å². The summed E-state index contributed by atoms with van der Waals surface area (Å²) in [7, 11) is 0. The second-order valence-corrected chi connectivity index (χ2v) is 5.94. The highest BCUT2D eigenvalue weighted by molar-refractivity contribution is 5.93. The lowest BCUT2D eigenvalue weighted by molar-refractivity contribution is 0.628. The van der Waals surface area contributed by atoms with Crippen LogP contribution in [-0.2, 0) is 0 Å². The summed E-state index contributed by atoms with van der Waals surface area (Å²) >= 11 is 0. The molecule has 1 N–H and O–H groups in total. The third kappa shape index (κ3) is 2.80. The SMILES string of the molecule is CCCCNc1nc2c(-c3cccc(F)c3)nnn2c2ccccc12. The van der Waals surface area contributed by atoms with Crippen molar-refractivity contribution >= 4 is 22.4 Å². The average molecular weight is 335 g/mol. The topological polar surface area (TPSA) is 55.1 Å². The quantitative estimate of drug-likeness (QED) is 0.553. The van der Waals surface area contributed by atoms with Gasteiger partial charge in [0, 0.05) is 17.5 Å². The zero-order valence-corrected chi connectivity index (χ0v) is 13.9. The number of para-hydroxylation sites is 1. The number of benzene rings is 2. The van der Waals surface area contributed by atoms with Crippen LogP contribution in [0.2, 0.25) is 0 Å². The number of anilines is 1. The Bertz CT molecular complexity index is 1040. The molecule has 0 fully saturated rings. The van der Waals surface area contributed by atoms with Crippen LogP contribution in [0.1, 0.15) is 19.8 Å². The van der Waals surface area contributed by atoms with Crippen LogP contribution in [0.25, 0.3) is 27.8 Å². The molecule has 5 nitrogen and oxygen atoms in total. The Morgan fingerprint density at radius 3 is 2.84 bits per heavy atom. The molecule has 0 spiro atoms. The van der Waals surface area contributed by atoms with Crippen molar-refractivity contribution < 1.29 is 4.39 Å². The third-order valence-corrected chi connectivity index (χ3v) is 4.17. The van der Waals surface area contributed by atoms with Crippen molar-refractivity contribution in [3.05, 3.63) is 54.3 Å². The first-order chi connectivity index (χ1) is 12.3. The van der Waals surface area contributed by atoms with Gasteiger partial charge in [0.2, 0.25) is 0 Å². The summed E-state index contributed by atoms with van der Waals surface area (Å²) in [5.41, 5.74) is 2.77. The van der Waals surface area contributed by atoms with Crippen LogP contribution in [0.3, 0.4) is 0 Å². The zero-order valence-electron chi connectivity index (χ0n) is 13.9. The van der Waals surface area contributed by atoms with E-state index in [1.165, 1.54) is 12.1 Å². The molecule has 0 aliphatic rings. The number of unbranched alkanes of at least 4 members (excludes halogenated alkanes) is 1. The fraction of sp³-hybridized carbons (Fsp3) is 0.211. The first-order valence-corrected chi connectivity index (χ1v) is 8.42. The highest BCUT2D eigenvalue weighted by atomic mass is 19.1. The molecule has 126 valence electrons. The van der Waals surface area contributed by atoms with Gasteiger partial charge in [-0.3, -0.25) is 0 Å². The summed E-state index contributed by atoms with van der Waals surface area (Å²) in [6, 6.07) is 14.3. The van der Waals surface area contributed by atoms with Gasteiger partial charge in [0.1, 0.15) is 17.3 Å². The van der Waals surface area contributed by atoms with Gasteiger partial charge in [-0.25, -0.2) is 9.37 Å². The second kappa shape index (κ2) is 6.47. The molecule has 0 bridgehead atoms. The molecule has 4 rings (SSSR count). The van der Waals surface area contributed by atoms with Gasteiger partial charge in [-0.15, -0.1) is 5.10 Å². The molecular weight excluding hydrogens is 317 g/mol. The molecule has 2 heterocycles. The Kier molecular flexibility index (Phi) is 4.01. The van der Waals surface area contributed by atoms with Crippen molar-refractivity contribution in [1.82, 2.24) is 19.8 Å². The zero-order chi connectivity index (χ0) is 17.2. The smallest absolute Gasteiger partial charge is 0.186 e. The normalized spacial score (nSPS) is 11.3. The van der Waals surface area contributed by atoms with E-state index in [2.05, 4.69) is 22.6 Å². The molecule has 0 unspecified atom stereocenters. The maximum Gasteiger partial charge on any atom is 0.186 e. The number of rotatable bonds is 5. The average Bonchev–Trinajstić information content (AvgIpc) is 3.06. The van der Waals surface area contributed by atoms with Gasteiger partial charge in [-0.1, -0.05) is 42.8 Å². The van der Waals surface area contributed by atoms with Crippen molar-refractivity contribution in [1.29, 1.82) is 0 Å². The standard InChI is InChI=1S/C19H18FN5/c1-2-3-11-21-18-15-9-4-5-10-16(15)25-19(22-18)17(23-24-25)13-7-6-8-14(20)12-13/h4-10,12H,2-3,11H2,1H3,(H,21,22). The summed E-state index contributed by atoms with van der Waals surface area (Å²) in [5, 5.41) is 12.9. The number of nitrogens with one attached hydrogen (secondary N) is 1. The Morgan fingerprint density at radius 1 is 1.12 bits per heavy atom. The first-order valence-electron chi connectivity index (χ1n) is 8.42. The van der Waals surface area contributed by atoms with Crippen molar-refractivity contribution in [2.75, 3.05) is 11.9 Å². The lowest BCUT2D eigenvalue weighted by Crippen LogP contribution is -2.06. The van der Waals surface area contributed by atoms with E-state index in [1.807, 2.05) is 30.3 Å². The maximum atomic E-state index is 13.6. The predicted molar refractivity (Wildman–Crippen MR) is 97.1 cm³/mol. The van der Waals surface area contributed by atoms with Crippen LogP contribution in [0.5, 0.6) is 0 Å². The van der Waals surface area contributed by atoms with Gasteiger partial charge in [0.05, 0.1) is 5.52 Å². The maximum absolute atomic E-state index is 13.6. The number of hydrogen-bond acceptors (Lipinski definition) is 4. The van der Waals surface area contributed by atoms with Crippen LogP contribution in [-0.4, -0.2) is 26.4 Å². The molecule has 0 aliphatic heterocycles. The molecule has 6 heteroatoms. The number of hydrogen-bond donors (Lipinski definition) is 1. The minimum absolute atomic E-state index is 0.305. The van der Waals surface area contributed by atoms with Crippen LogP contribution < -0.4 is 5.32 Å². The number of aromatic nitrogens is 4. The monoisotopic (exact) mass is 335 g/mol. The van der Waals surface area contributed by atoms with Crippen molar-refractivity contribution in [3.8, 4) is 11.3 Å². The number of halogens is 1. The largest absolute Gasteiger partial charge is 0.369 e. The van der Waals surface area contributed by atoms with Gasteiger partial charge in [-0.05, 0) is 30.7 Å². The van der Waals surface area contributed by atoms with Gasteiger partial charge in [0.15, 0.2) is 5.65 Å². The van der Waals surface area contributed by atoms with Crippen molar-refractivity contribution in [2.24, 2.45) is 0 Å². The molecule has 0 aliphatic carbocycles. The van der Waals surface area contributed by atoms with Crippen LogP contribution in [0.15, 0.2) is 48.5 Å². The summed E-state index contributed by atoms with van der Waals surface area (Å²) < 4.78 is 15.3. The minimum Gasteiger partial charge on any atom is -0.369 e. The van der Waals surface area contributed by atoms with Gasteiger partial charge >= 0.3 is 0 Å². The highest BCUT2D eigenvalue weighted by Crippen LogP contribution is 2.28. The Morgan fingerprint density at radius 2 is 2.00 bits per heavy atom. The van der Waals surface area contributed by atoms with Crippen LogP contribution in [0.4, 0.5) is 10.2 Å². The van der Waals surface area contributed by atoms with E-state index in [9.17, 15) is 4.39 Å². The fourth-order valence-electron chi connectivity index (χ4n) is 2.91. The Labute approximate surface area is 144 Å². The predicted octanol–water partition coefficient (Wildman–Crippen LogP) is 4.30. The van der Waals surface area contributed by atoms with Crippen molar-refractivity contribution in [3.63, 3.8) is 0 Å². The van der Waals surface area contributed by atoms with Crippen LogP contribution in [0, 0.1) is 5.82 Å². The summed E-state index contributed by atoms with van der Waals surface area (Å²) in [5.74, 6) is 0.497. The molecule has 25 heavy (non-hydrogen) atoms. The molecule has 2 aromatic carbocycles. The molecule has 0 saturated carbocycles. The molecule has 2 aromatic heterocycles. The molecule has 4 aromatic rings. The number of nitrogens with zero attached hydrogens (tertiary/aromatic N) is 4. The van der Waals surface area contributed by atoms with E-state index in [4.69, 9.17) is 4.98 Å². The Hall–Kier alpha value is -3.02. The number of fused-ring (bicyclic) bond motifs is 3. The molecule has 0 saturated heterocycles. The molecule has 0 radical (unpaired) electrons. The van der Waals surface area contributed by atoms with Gasteiger partial charge in [-0.2, -0.15) is 4.52 Å².